The van der Waals surface area contributed by atoms with E-state index < -0.39 is 23.7 Å². The van der Waals surface area contributed by atoms with Gasteiger partial charge in [0.15, 0.2) is 4.80 Å². The van der Waals surface area contributed by atoms with Crippen molar-refractivity contribution in [2.45, 2.75) is 18.7 Å². The molecule has 4 heterocycles. The fourth-order valence-electron chi connectivity index (χ4n) is 4.80. The lowest BCUT2D eigenvalue weighted by atomic mass is 9.81. The van der Waals surface area contributed by atoms with Crippen LogP contribution in [0.5, 0.6) is 5.75 Å². The maximum Gasteiger partial charge on any atom is 0.317 e. The van der Waals surface area contributed by atoms with E-state index in [0.717, 1.165) is 11.1 Å². The average molecular weight is 507 g/mol. The average Bonchev–Trinajstić information content (AvgIpc) is 3.42. The molecule has 176 valence electrons. The van der Waals surface area contributed by atoms with Crippen LogP contribution in [-0.2, 0) is 9.53 Å². The fraction of sp³-hybridized carbons (Fsp3) is 0.192. The summed E-state index contributed by atoms with van der Waals surface area (Å²) in [4.78, 5) is 31.7. The predicted molar refractivity (Wildman–Crippen MR) is 131 cm³/mol. The number of esters is 1. The van der Waals surface area contributed by atoms with Gasteiger partial charge in [-0.1, -0.05) is 53.3 Å². The number of ether oxygens (including phenoxy) is 2. The molecular formula is C26H19ClN2O5S. The van der Waals surface area contributed by atoms with Gasteiger partial charge in [-0.25, -0.2) is 4.99 Å². The number of hydrogen-bond acceptors (Lipinski definition) is 7. The zero-order valence-electron chi connectivity index (χ0n) is 18.7. The van der Waals surface area contributed by atoms with Crippen LogP contribution in [0.1, 0.15) is 24.3 Å². The molecule has 0 amide bonds. The van der Waals surface area contributed by atoms with Gasteiger partial charge in [-0.2, -0.15) is 0 Å². The monoisotopic (exact) mass is 506 g/mol. The summed E-state index contributed by atoms with van der Waals surface area (Å²) in [6.07, 6.45) is 1.68. The number of rotatable bonds is 3. The van der Waals surface area contributed by atoms with E-state index in [1.54, 1.807) is 29.7 Å². The van der Waals surface area contributed by atoms with Crippen molar-refractivity contribution < 1.29 is 18.7 Å². The van der Waals surface area contributed by atoms with Crippen molar-refractivity contribution in [1.29, 1.82) is 0 Å². The first-order valence-corrected chi connectivity index (χ1v) is 12.1. The summed E-state index contributed by atoms with van der Waals surface area (Å²) >= 11 is 7.52. The van der Waals surface area contributed by atoms with Crippen molar-refractivity contribution in [1.82, 2.24) is 4.57 Å². The molecule has 0 N–H and O–H groups in total. The Morgan fingerprint density at radius 3 is 2.74 bits per heavy atom. The predicted octanol–water partition coefficient (Wildman–Crippen LogP) is 3.77. The Morgan fingerprint density at radius 2 is 1.94 bits per heavy atom. The highest BCUT2D eigenvalue weighted by atomic mass is 35.5. The second kappa shape index (κ2) is 7.96. The Bertz CT molecular complexity index is 1670. The number of methoxy groups -OCH3 is 1. The first-order valence-electron chi connectivity index (χ1n) is 10.9. The number of nitrogens with zero attached hydrogens (tertiary/aromatic N) is 2. The van der Waals surface area contributed by atoms with Crippen molar-refractivity contribution in [3.63, 3.8) is 0 Å². The molecular weight excluding hydrogens is 488 g/mol. The fourth-order valence-corrected chi connectivity index (χ4v) is 6.10. The zero-order valence-corrected chi connectivity index (χ0v) is 20.3. The van der Waals surface area contributed by atoms with Crippen LogP contribution in [0.4, 0.5) is 0 Å². The second-order valence-corrected chi connectivity index (χ2v) is 9.92. The number of para-hydroxylation sites is 1. The number of carbonyl (C=O) groups excluding carboxylic acids is 1. The standard InChI is InChI=1S/C26H19ClN2O5S/c1-26-21(24(31)32-2)22(16-8-4-6-10-19(16)34-26)29-23(30)20(35-25(29)28-26)13-14-11-12-18(33-14)15-7-3-5-9-17(15)27/h3-13,21-22H,1-2H3/b20-13-. The largest absolute Gasteiger partial charge is 0.469 e. The molecule has 35 heavy (non-hydrogen) atoms. The number of fused-ring (bicyclic) bond motifs is 6. The van der Waals surface area contributed by atoms with Gasteiger partial charge >= 0.3 is 5.97 Å². The molecule has 0 aliphatic carbocycles. The third kappa shape index (κ3) is 3.36. The highest BCUT2D eigenvalue weighted by molar-refractivity contribution is 7.07. The van der Waals surface area contributed by atoms with Crippen LogP contribution in [0.3, 0.4) is 0 Å². The van der Waals surface area contributed by atoms with Gasteiger partial charge in [-0.05, 0) is 37.3 Å². The molecule has 0 saturated heterocycles. The molecule has 2 aromatic carbocycles. The van der Waals surface area contributed by atoms with E-state index in [-0.39, 0.29) is 5.56 Å². The molecule has 2 aliphatic heterocycles. The van der Waals surface area contributed by atoms with Crippen molar-refractivity contribution >= 4 is 35.0 Å². The quantitative estimate of drug-likeness (QED) is 0.395. The molecule has 3 atom stereocenters. The van der Waals surface area contributed by atoms with E-state index in [4.69, 9.17) is 30.5 Å². The Balaban J connectivity index is 1.52. The minimum Gasteiger partial charge on any atom is -0.469 e. The molecule has 7 nitrogen and oxygen atoms in total. The van der Waals surface area contributed by atoms with Gasteiger partial charge in [0.25, 0.3) is 5.56 Å². The molecule has 0 spiro atoms. The molecule has 3 unspecified atom stereocenters. The molecule has 0 fully saturated rings. The number of hydrogen-bond donors (Lipinski definition) is 0. The maximum atomic E-state index is 13.6. The first-order chi connectivity index (χ1) is 16.9. The highest BCUT2D eigenvalue weighted by Crippen LogP contribution is 2.47. The number of carbonyl (C=O) groups is 1. The van der Waals surface area contributed by atoms with Crippen LogP contribution in [0.2, 0.25) is 5.02 Å². The van der Waals surface area contributed by atoms with E-state index >= 15 is 0 Å². The summed E-state index contributed by atoms with van der Waals surface area (Å²) in [5.74, 6) is 0.399. The van der Waals surface area contributed by atoms with E-state index in [2.05, 4.69) is 0 Å². The lowest BCUT2D eigenvalue weighted by molar-refractivity contribution is -0.158. The minimum atomic E-state index is -1.21. The van der Waals surface area contributed by atoms with Gasteiger partial charge in [0.05, 0.1) is 22.7 Å². The zero-order chi connectivity index (χ0) is 24.3. The van der Waals surface area contributed by atoms with Gasteiger partial charge in [0, 0.05) is 17.2 Å². The van der Waals surface area contributed by atoms with Crippen molar-refractivity contribution in [2.75, 3.05) is 7.11 Å². The van der Waals surface area contributed by atoms with Crippen LogP contribution in [-0.4, -0.2) is 23.4 Å². The van der Waals surface area contributed by atoms with Gasteiger partial charge < -0.3 is 13.9 Å². The number of furan rings is 1. The summed E-state index contributed by atoms with van der Waals surface area (Å²) in [7, 11) is 1.33. The second-order valence-electron chi connectivity index (χ2n) is 8.50. The molecule has 0 radical (unpaired) electrons. The summed E-state index contributed by atoms with van der Waals surface area (Å²) < 4.78 is 19.3. The third-order valence-corrected chi connectivity index (χ3v) is 7.69. The van der Waals surface area contributed by atoms with Gasteiger partial charge in [-0.15, -0.1) is 0 Å². The molecule has 2 aromatic heterocycles. The van der Waals surface area contributed by atoms with Crippen LogP contribution < -0.4 is 19.6 Å². The summed E-state index contributed by atoms with van der Waals surface area (Å²) in [5, 5.41) is 0.576. The van der Waals surface area contributed by atoms with Crippen molar-refractivity contribution in [3.8, 4) is 17.1 Å². The van der Waals surface area contributed by atoms with Crippen LogP contribution in [0.25, 0.3) is 17.4 Å². The number of benzene rings is 2. The van der Waals surface area contributed by atoms with E-state index in [1.165, 1.54) is 18.4 Å². The Hall–Kier alpha value is -3.62. The lowest BCUT2D eigenvalue weighted by Gasteiger charge is -2.44. The smallest absolute Gasteiger partial charge is 0.317 e. The van der Waals surface area contributed by atoms with Gasteiger partial charge in [-0.3, -0.25) is 14.2 Å². The number of halogens is 1. The third-order valence-electron chi connectivity index (χ3n) is 6.37. The molecule has 6 rings (SSSR count). The highest BCUT2D eigenvalue weighted by Gasteiger charge is 2.55. The molecule has 2 aliphatic rings. The van der Waals surface area contributed by atoms with Crippen LogP contribution in [0.15, 0.2) is 74.9 Å². The van der Waals surface area contributed by atoms with Crippen LogP contribution >= 0.6 is 22.9 Å². The molecule has 0 saturated carbocycles. The SMILES string of the molecule is COC(=O)C1C2c3ccccc3OC1(C)N=c1s/c(=C\c3ccc(-c4ccccc4Cl)o3)c(=O)n12. The number of thiazole rings is 1. The summed E-state index contributed by atoms with van der Waals surface area (Å²) in [6, 6.07) is 17.8. The Morgan fingerprint density at radius 1 is 1.17 bits per heavy atom. The maximum absolute atomic E-state index is 13.6. The number of aromatic nitrogens is 1. The Labute approximate surface area is 208 Å². The molecule has 2 bridgehead atoms. The van der Waals surface area contributed by atoms with E-state index in [1.807, 2.05) is 48.5 Å². The summed E-state index contributed by atoms with van der Waals surface area (Å²) in [6.45, 7) is 1.75. The van der Waals surface area contributed by atoms with Gasteiger partial charge in [0.2, 0.25) is 5.72 Å². The topological polar surface area (TPSA) is 83.0 Å². The lowest BCUT2D eigenvalue weighted by Crippen LogP contribution is -2.58. The summed E-state index contributed by atoms with van der Waals surface area (Å²) in [5.41, 5.74) is 0.0364. The van der Waals surface area contributed by atoms with E-state index in [9.17, 15) is 9.59 Å². The van der Waals surface area contributed by atoms with Crippen molar-refractivity contribution in [3.05, 3.63) is 96.7 Å². The first kappa shape index (κ1) is 21.9. The van der Waals surface area contributed by atoms with Crippen LogP contribution in [0, 0.1) is 5.92 Å². The molecule has 4 aromatic rings. The van der Waals surface area contributed by atoms with E-state index in [0.29, 0.717) is 31.6 Å². The van der Waals surface area contributed by atoms with Gasteiger partial charge in [0.1, 0.15) is 23.2 Å². The normalized spacial score (nSPS) is 22.5. The Kier molecular flexibility index (Phi) is 4.98. The molecule has 9 heteroatoms. The van der Waals surface area contributed by atoms with Crippen molar-refractivity contribution in [2.24, 2.45) is 10.9 Å². The minimum absolute atomic E-state index is 0.262.